The predicted molar refractivity (Wildman–Crippen MR) is 111 cm³/mol. The van der Waals surface area contributed by atoms with E-state index in [-0.39, 0.29) is 5.82 Å². The van der Waals surface area contributed by atoms with E-state index < -0.39 is 0 Å². The zero-order chi connectivity index (χ0) is 19.8. The molecule has 7 heteroatoms. The van der Waals surface area contributed by atoms with Gasteiger partial charge in [0.05, 0.1) is 17.1 Å². The van der Waals surface area contributed by atoms with E-state index in [1.807, 2.05) is 13.0 Å². The summed E-state index contributed by atoms with van der Waals surface area (Å²) < 4.78 is 15.9. The van der Waals surface area contributed by atoms with Crippen molar-refractivity contribution in [3.8, 4) is 22.6 Å². The maximum absolute atomic E-state index is 13.5. The van der Waals surface area contributed by atoms with E-state index >= 15 is 0 Å². The van der Waals surface area contributed by atoms with Crippen molar-refractivity contribution >= 4 is 5.95 Å². The molecule has 0 bridgehead atoms. The smallest absolute Gasteiger partial charge is 0.223 e. The van der Waals surface area contributed by atoms with Crippen molar-refractivity contribution in [2.75, 3.05) is 31.5 Å². The van der Waals surface area contributed by atoms with Crippen LogP contribution in [0.2, 0.25) is 0 Å². The van der Waals surface area contributed by atoms with Crippen LogP contribution < -0.4 is 5.32 Å². The van der Waals surface area contributed by atoms with Gasteiger partial charge in [-0.3, -0.25) is 0 Å². The van der Waals surface area contributed by atoms with Crippen LogP contribution in [0.1, 0.15) is 31.6 Å². The minimum absolute atomic E-state index is 0.242. The molecule has 1 fully saturated rings. The van der Waals surface area contributed by atoms with Crippen LogP contribution in [0.25, 0.3) is 22.6 Å². The summed E-state index contributed by atoms with van der Waals surface area (Å²) in [4.78, 5) is 16.6. The van der Waals surface area contributed by atoms with Crippen molar-refractivity contribution in [3.05, 3.63) is 48.2 Å². The Kier molecular flexibility index (Phi) is 4.75. The maximum Gasteiger partial charge on any atom is 0.223 e. The van der Waals surface area contributed by atoms with Gasteiger partial charge in [-0.1, -0.05) is 0 Å². The highest BCUT2D eigenvalue weighted by Crippen LogP contribution is 2.39. The molecule has 6 nitrogen and oxygen atoms in total. The molecule has 2 aliphatic heterocycles. The highest BCUT2D eigenvalue weighted by atomic mass is 19.1. The maximum atomic E-state index is 13.5. The number of likely N-dealkylation sites (tertiary alicyclic amines) is 1. The fraction of sp³-hybridized carbons (Fsp3) is 0.409. The first-order chi connectivity index (χ1) is 14.2. The van der Waals surface area contributed by atoms with Crippen LogP contribution >= 0.6 is 0 Å². The van der Waals surface area contributed by atoms with Crippen LogP contribution in [-0.2, 0) is 6.42 Å². The molecule has 0 aliphatic carbocycles. The highest BCUT2D eigenvalue weighted by molar-refractivity contribution is 5.78. The van der Waals surface area contributed by atoms with Gasteiger partial charge in [-0.25, -0.2) is 19.3 Å². The Morgan fingerprint density at radius 2 is 1.97 bits per heavy atom. The number of benzene rings is 1. The largest absolute Gasteiger partial charge is 0.354 e. The molecule has 0 amide bonds. The molecular weight excluding hydrogens is 367 g/mol. The first-order valence-corrected chi connectivity index (χ1v) is 10.4. The summed E-state index contributed by atoms with van der Waals surface area (Å²) in [5.74, 6) is 1.46. The van der Waals surface area contributed by atoms with Crippen molar-refractivity contribution in [3.63, 3.8) is 0 Å². The lowest BCUT2D eigenvalue weighted by atomic mass is 10.1. The van der Waals surface area contributed by atoms with Gasteiger partial charge >= 0.3 is 0 Å². The van der Waals surface area contributed by atoms with Crippen LogP contribution in [-0.4, -0.2) is 50.6 Å². The van der Waals surface area contributed by atoms with Gasteiger partial charge in [0.1, 0.15) is 11.6 Å². The Morgan fingerprint density at radius 3 is 2.69 bits per heavy atom. The molecule has 0 saturated carbocycles. The molecule has 1 N–H and O–H groups in total. The number of hydrogen-bond acceptors (Lipinski definition) is 5. The molecule has 4 heterocycles. The van der Waals surface area contributed by atoms with Crippen LogP contribution in [0.5, 0.6) is 0 Å². The fourth-order valence-corrected chi connectivity index (χ4v) is 4.30. The number of aryl methyl sites for hydroxylation is 1. The molecule has 29 heavy (non-hydrogen) atoms. The van der Waals surface area contributed by atoms with E-state index in [2.05, 4.69) is 19.8 Å². The lowest BCUT2D eigenvalue weighted by Crippen LogP contribution is -2.40. The lowest BCUT2D eigenvalue weighted by molar-refractivity contribution is 0.156. The molecule has 1 atom stereocenters. The van der Waals surface area contributed by atoms with Gasteiger partial charge in [0, 0.05) is 37.3 Å². The fourth-order valence-electron chi connectivity index (χ4n) is 4.30. The second-order valence-electron chi connectivity index (χ2n) is 7.74. The normalized spacial score (nSPS) is 18.5. The summed E-state index contributed by atoms with van der Waals surface area (Å²) in [5.41, 5.74) is 3.64. The lowest BCUT2D eigenvalue weighted by Gasteiger charge is -2.33. The van der Waals surface area contributed by atoms with Crippen molar-refractivity contribution < 1.29 is 4.39 Å². The topological polar surface area (TPSA) is 58.9 Å². The SMILES string of the molecule is CCNc1nccc(-c2c(-c3ccc(F)cc3)nc3n2[C@H](CN2CCC2)CC3)n1. The molecule has 1 aromatic carbocycles. The van der Waals surface area contributed by atoms with Crippen LogP contribution in [0.15, 0.2) is 36.5 Å². The predicted octanol–water partition coefficient (Wildman–Crippen LogP) is 3.77. The van der Waals surface area contributed by atoms with E-state index in [1.54, 1.807) is 18.3 Å². The van der Waals surface area contributed by atoms with E-state index in [9.17, 15) is 4.39 Å². The van der Waals surface area contributed by atoms with Gasteiger partial charge < -0.3 is 14.8 Å². The van der Waals surface area contributed by atoms with E-state index in [1.165, 1.54) is 31.6 Å². The third-order valence-corrected chi connectivity index (χ3v) is 5.82. The Morgan fingerprint density at radius 1 is 1.14 bits per heavy atom. The van der Waals surface area contributed by atoms with Crippen LogP contribution in [0.4, 0.5) is 10.3 Å². The number of hydrogen-bond donors (Lipinski definition) is 1. The van der Waals surface area contributed by atoms with Gasteiger partial charge in [0.15, 0.2) is 0 Å². The molecule has 0 spiro atoms. The van der Waals surface area contributed by atoms with Gasteiger partial charge in [-0.05, 0) is 63.2 Å². The van der Waals surface area contributed by atoms with E-state index in [0.717, 1.165) is 54.4 Å². The summed E-state index contributed by atoms with van der Waals surface area (Å²) in [6.07, 6.45) is 5.13. The zero-order valence-electron chi connectivity index (χ0n) is 16.6. The molecule has 5 rings (SSSR count). The summed E-state index contributed by atoms with van der Waals surface area (Å²) >= 11 is 0. The molecule has 2 aliphatic rings. The molecule has 2 aromatic heterocycles. The quantitative estimate of drug-likeness (QED) is 0.692. The Labute approximate surface area is 169 Å². The molecule has 0 radical (unpaired) electrons. The van der Waals surface area contributed by atoms with Gasteiger partial charge in [-0.15, -0.1) is 0 Å². The number of imidazole rings is 1. The number of aromatic nitrogens is 4. The summed E-state index contributed by atoms with van der Waals surface area (Å²) in [6.45, 7) is 6.19. The monoisotopic (exact) mass is 392 g/mol. The molecule has 3 aromatic rings. The summed E-state index contributed by atoms with van der Waals surface area (Å²) in [5, 5.41) is 3.20. The number of halogens is 1. The van der Waals surface area contributed by atoms with Crippen molar-refractivity contribution in [2.24, 2.45) is 0 Å². The van der Waals surface area contributed by atoms with Gasteiger partial charge in [-0.2, -0.15) is 0 Å². The van der Waals surface area contributed by atoms with Crippen LogP contribution in [0, 0.1) is 5.82 Å². The number of fused-ring (bicyclic) bond motifs is 1. The number of nitrogens with one attached hydrogen (secondary N) is 1. The van der Waals surface area contributed by atoms with E-state index in [0.29, 0.717) is 12.0 Å². The third kappa shape index (κ3) is 3.40. The molecule has 1 saturated heterocycles. The number of rotatable bonds is 6. The third-order valence-electron chi connectivity index (χ3n) is 5.82. The average molecular weight is 392 g/mol. The molecular formula is C22H25FN6. The minimum Gasteiger partial charge on any atom is -0.354 e. The van der Waals surface area contributed by atoms with Crippen LogP contribution in [0.3, 0.4) is 0 Å². The summed E-state index contributed by atoms with van der Waals surface area (Å²) in [7, 11) is 0. The molecule has 150 valence electrons. The Bertz CT molecular complexity index is 1010. The second kappa shape index (κ2) is 7.55. The summed E-state index contributed by atoms with van der Waals surface area (Å²) in [6, 6.07) is 8.91. The highest BCUT2D eigenvalue weighted by Gasteiger charge is 2.32. The van der Waals surface area contributed by atoms with Gasteiger partial charge in [0.2, 0.25) is 5.95 Å². The van der Waals surface area contributed by atoms with Crippen molar-refractivity contribution in [1.29, 1.82) is 0 Å². The van der Waals surface area contributed by atoms with Crippen molar-refractivity contribution in [2.45, 2.75) is 32.2 Å². The number of nitrogens with zero attached hydrogens (tertiary/aromatic N) is 5. The minimum atomic E-state index is -0.242. The first kappa shape index (κ1) is 18.2. The molecule has 0 unspecified atom stereocenters. The van der Waals surface area contributed by atoms with E-state index in [4.69, 9.17) is 9.97 Å². The van der Waals surface area contributed by atoms with Gasteiger partial charge in [0.25, 0.3) is 0 Å². The Balaban J connectivity index is 1.63. The van der Waals surface area contributed by atoms with Crippen molar-refractivity contribution in [1.82, 2.24) is 24.4 Å². The Hall–Kier alpha value is -2.80. The zero-order valence-corrected chi connectivity index (χ0v) is 16.6. The first-order valence-electron chi connectivity index (χ1n) is 10.4. The average Bonchev–Trinajstić information content (AvgIpc) is 3.25. The standard InChI is InChI=1S/C22H25FN6/c1-2-24-22-25-11-10-18(26-22)21-20(15-4-6-16(23)7-5-15)27-19-9-8-17(29(19)21)14-28-12-3-13-28/h4-7,10-11,17H,2-3,8-9,12-14H2,1H3,(H,24,25,26)/t17-/m0/s1. The second-order valence-corrected chi connectivity index (χ2v) is 7.74. The number of anilines is 1.